The van der Waals surface area contributed by atoms with Crippen LogP contribution in [-0.2, 0) is 15.0 Å². The number of hydrogen-bond acceptors (Lipinski definition) is 7. The Morgan fingerprint density at radius 1 is 1.09 bits per heavy atom. The summed E-state index contributed by atoms with van der Waals surface area (Å²) in [6.07, 6.45) is 2.73. The average molecular weight is 468 g/mol. The SMILES string of the molecule is CC(=O)C1=C(O)C=C2Oc3c(C(=O)/C=C/c4c(F)cccc4F)c(O)c(C)c(O)c3[C@]2(C)C1=O. The van der Waals surface area contributed by atoms with Gasteiger partial charge in [-0.05, 0) is 45.1 Å². The van der Waals surface area contributed by atoms with E-state index in [0.717, 1.165) is 43.4 Å². The summed E-state index contributed by atoms with van der Waals surface area (Å²) in [6, 6.07) is 3.17. The molecule has 1 heterocycles. The molecule has 1 aliphatic carbocycles. The molecule has 0 unspecified atom stereocenters. The van der Waals surface area contributed by atoms with Gasteiger partial charge in [-0.2, -0.15) is 0 Å². The number of carbonyl (C=O) groups excluding carboxylic acids is 3. The lowest BCUT2D eigenvalue weighted by atomic mass is 9.71. The number of carbonyl (C=O) groups is 3. The van der Waals surface area contributed by atoms with E-state index in [1.165, 1.54) is 13.8 Å². The first-order chi connectivity index (χ1) is 15.9. The van der Waals surface area contributed by atoms with Crippen LogP contribution in [0.15, 0.2) is 47.4 Å². The third kappa shape index (κ3) is 3.04. The summed E-state index contributed by atoms with van der Waals surface area (Å²) in [5, 5.41) is 31.6. The molecule has 0 bridgehead atoms. The van der Waals surface area contributed by atoms with Crippen molar-refractivity contribution in [3.05, 3.63) is 81.3 Å². The van der Waals surface area contributed by atoms with Gasteiger partial charge in [-0.15, -0.1) is 0 Å². The standard InChI is InChI=1S/C25H18F2O7/c1-10-21(31)19(15(29)8-7-12-13(26)5-4-6-14(12)27)23-20(22(10)32)25(3)17(34-23)9-16(30)18(11(2)28)24(25)33/h4-9,30-32H,1-3H3/b8-7+/t25-/m1/s1. The molecule has 3 N–H and O–H groups in total. The number of fused-ring (bicyclic) bond motifs is 3. The minimum Gasteiger partial charge on any atom is -0.507 e. The number of aromatic hydroxyl groups is 2. The van der Waals surface area contributed by atoms with Crippen LogP contribution in [0.3, 0.4) is 0 Å². The number of rotatable bonds is 4. The Hall–Kier alpha value is -4.27. The quantitative estimate of drug-likeness (QED) is 0.351. The second-order valence-corrected chi connectivity index (χ2v) is 8.12. The van der Waals surface area contributed by atoms with E-state index in [2.05, 4.69) is 0 Å². The second-order valence-electron chi connectivity index (χ2n) is 8.12. The molecule has 174 valence electrons. The maximum atomic E-state index is 13.9. The molecule has 0 fully saturated rings. The molecular formula is C25H18F2O7. The van der Waals surface area contributed by atoms with E-state index in [0.29, 0.717) is 0 Å². The Bertz CT molecular complexity index is 1390. The van der Waals surface area contributed by atoms with Crippen LogP contribution in [-0.4, -0.2) is 32.7 Å². The fourth-order valence-corrected chi connectivity index (χ4v) is 4.17. The largest absolute Gasteiger partial charge is 0.507 e. The molecule has 1 atom stereocenters. The molecule has 0 aromatic heterocycles. The van der Waals surface area contributed by atoms with Crippen LogP contribution in [0.1, 0.15) is 40.9 Å². The maximum Gasteiger partial charge on any atom is 0.193 e. The highest BCUT2D eigenvalue weighted by molar-refractivity contribution is 6.26. The molecule has 2 aromatic rings. The van der Waals surface area contributed by atoms with Gasteiger partial charge in [0.15, 0.2) is 17.3 Å². The Labute approximate surface area is 191 Å². The molecule has 1 aliphatic heterocycles. The van der Waals surface area contributed by atoms with Gasteiger partial charge in [-0.25, -0.2) is 8.78 Å². The number of phenolic OH excluding ortho intramolecular Hbond substituents is 2. The molecule has 34 heavy (non-hydrogen) atoms. The third-order valence-corrected chi connectivity index (χ3v) is 6.05. The van der Waals surface area contributed by atoms with Gasteiger partial charge in [-0.1, -0.05) is 6.07 Å². The predicted octanol–water partition coefficient (Wildman–Crippen LogP) is 4.10. The zero-order valence-electron chi connectivity index (χ0n) is 18.2. The van der Waals surface area contributed by atoms with Crippen molar-refractivity contribution in [1.29, 1.82) is 0 Å². The van der Waals surface area contributed by atoms with Crippen LogP contribution < -0.4 is 4.74 Å². The Balaban J connectivity index is 1.91. The molecular weight excluding hydrogens is 450 g/mol. The van der Waals surface area contributed by atoms with E-state index in [1.807, 2.05) is 0 Å². The maximum absolute atomic E-state index is 13.9. The fraction of sp³-hybridized carbons (Fsp3) is 0.160. The minimum absolute atomic E-state index is 0.158. The Morgan fingerprint density at radius 2 is 1.71 bits per heavy atom. The van der Waals surface area contributed by atoms with E-state index in [4.69, 9.17) is 4.74 Å². The summed E-state index contributed by atoms with van der Waals surface area (Å²) in [6.45, 7) is 3.73. The zero-order valence-corrected chi connectivity index (χ0v) is 18.2. The molecule has 0 amide bonds. The van der Waals surface area contributed by atoms with Crippen molar-refractivity contribution in [3.63, 3.8) is 0 Å². The summed E-state index contributed by atoms with van der Waals surface area (Å²) < 4.78 is 33.5. The molecule has 0 saturated heterocycles. The van der Waals surface area contributed by atoms with Crippen LogP contribution >= 0.6 is 0 Å². The summed E-state index contributed by atoms with van der Waals surface area (Å²) in [5.74, 6) is -6.73. The number of ketones is 3. The normalized spacial score (nSPS) is 19.1. The van der Waals surface area contributed by atoms with Crippen molar-refractivity contribution in [2.75, 3.05) is 0 Å². The topological polar surface area (TPSA) is 121 Å². The summed E-state index contributed by atoms with van der Waals surface area (Å²) in [5.41, 5.74) is -3.57. The number of aliphatic hydroxyl groups excluding tert-OH is 1. The van der Waals surface area contributed by atoms with Crippen LogP contribution in [0, 0.1) is 18.6 Å². The van der Waals surface area contributed by atoms with E-state index >= 15 is 0 Å². The second kappa shape index (κ2) is 7.65. The van der Waals surface area contributed by atoms with Crippen molar-refractivity contribution < 1.29 is 43.2 Å². The Kier molecular flexibility index (Phi) is 5.16. The number of phenols is 2. The summed E-state index contributed by atoms with van der Waals surface area (Å²) in [7, 11) is 0. The van der Waals surface area contributed by atoms with Crippen molar-refractivity contribution >= 4 is 23.4 Å². The molecule has 4 rings (SSSR count). The Morgan fingerprint density at radius 3 is 2.29 bits per heavy atom. The minimum atomic E-state index is -1.78. The van der Waals surface area contributed by atoms with Gasteiger partial charge in [-0.3, -0.25) is 14.4 Å². The van der Waals surface area contributed by atoms with Crippen LogP contribution in [0.25, 0.3) is 6.08 Å². The summed E-state index contributed by atoms with van der Waals surface area (Å²) in [4.78, 5) is 38.3. The molecule has 0 saturated carbocycles. The predicted molar refractivity (Wildman–Crippen MR) is 116 cm³/mol. The molecule has 0 spiro atoms. The van der Waals surface area contributed by atoms with E-state index in [9.17, 15) is 38.5 Å². The van der Waals surface area contributed by atoms with E-state index in [-0.39, 0.29) is 22.6 Å². The van der Waals surface area contributed by atoms with Gasteiger partial charge in [0.1, 0.15) is 57.0 Å². The highest BCUT2D eigenvalue weighted by atomic mass is 19.1. The van der Waals surface area contributed by atoms with Gasteiger partial charge in [0.25, 0.3) is 0 Å². The first-order valence-corrected chi connectivity index (χ1v) is 10.1. The van der Waals surface area contributed by atoms with Gasteiger partial charge < -0.3 is 20.1 Å². The molecule has 0 radical (unpaired) electrons. The number of halogens is 2. The van der Waals surface area contributed by atoms with Gasteiger partial charge >= 0.3 is 0 Å². The first kappa shape index (κ1) is 22.9. The highest BCUT2D eigenvalue weighted by Gasteiger charge is 2.55. The number of benzene rings is 2. The average Bonchev–Trinajstić information content (AvgIpc) is 3.05. The van der Waals surface area contributed by atoms with Gasteiger partial charge in [0, 0.05) is 17.2 Å². The summed E-state index contributed by atoms with van der Waals surface area (Å²) >= 11 is 0. The first-order valence-electron chi connectivity index (χ1n) is 10.1. The highest BCUT2D eigenvalue weighted by Crippen LogP contribution is 2.57. The van der Waals surface area contributed by atoms with Crippen LogP contribution in [0.4, 0.5) is 8.78 Å². The van der Waals surface area contributed by atoms with E-state index in [1.54, 1.807) is 0 Å². The number of aliphatic hydroxyl groups is 1. The molecule has 9 heteroatoms. The van der Waals surface area contributed by atoms with Crippen molar-refractivity contribution in [3.8, 4) is 17.2 Å². The van der Waals surface area contributed by atoms with Crippen LogP contribution in [0.5, 0.6) is 17.2 Å². The van der Waals surface area contributed by atoms with Gasteiger partial charge in [0.05, 0.1) is 5.56 Å². The molecule has 7 nitrogen and oxygen atoms in total. The smallest absolute Gasteiger partial charge is 0.193 e. The lowest BCUT2D eigenvalue weighted by Gasteiger charge is -2.28. The van der Waals surface area contributed by atoms with Crippen LogP contribution in [0.2, 0.25) is 0 Å². The fourth-order valence-electron chi connectivity index (χ4n) is 4.17. The van der Waals surface area contributed by atoms with Crippen molar-refractivity contribution in [2.45, 2.75) is 26.2 Å². The number of allylic oxidation sites excluding steroid dienone is 4. The molecule has 2 aliphatic rings. The van der Waals surface area contributed by atoms with Gasteiger partial charge in [0.2, 0.25) is 0 Å². The lowest BCUT2D eigenvalue weighted by molar-refractivity contribution is -0.123. The number of ether oxygens (including phenoxy) is 1. The number of hydrogen-bond donors (Lipinski definition) is 3. The van der Waals surface area contributed by atoms with E-state index < -0.39 is 68.4 Å². The third-order valence-electron chi connectivity index (χ3n) is 6.05. The zero-order chi connectivity index (χ0) is 25.1. The molecule has 2 aromatic carbocycles. The lowest BCUT2D eigenvalue weighted by Crippen LogP contribution is -2.38. The van der Waals surface area contributed by atoms with Crippen molar-refractivity contribution in [1.82, 2.24) is 0 Å². The van der Waals surface area contributed by atoms with Crippen molar-refractivity contribution in [2.24, 2.45) is 0 Å². The monoisotopic (exact) mass is 468 g/mol. The number of Topliss-reactive ketones (excluding diaryl/α,β-unsaturated/α-hetero) is 2.